The van der Waals surface area contributed by atoms with Gasteiger partial charge in [0.15, 0.2) is 16.7 Å². The average molecular weight is 398 g/mol. The van der Waals surface area contributed by atoms with Crippen LogP contribution in [0.1, 0.15) is 50.5 Å². The fourth-order valence-electron chi connectivity index (χ4n) is 3.93. The van der Waals surface area contributed by atoms with Gasteiger partial charge in [-0.3, -0.25) is 9.98 Å². The highest BCUT2D eigenvalue weighted by molar-refractivity contribution is 8.14. The van der Waals surface area contributed by atoms with Crippen LogP contribution >= 0.6 is 11.8 Å². The maximum atomic E-state index is 5.91. The summed E-state index contributed by atoms with van der Waals surface area (Å²) in [5.41, 5.74) is 2.19. The largest absolute Gasteiger partial charge is 0.493 e. The molecule has 0 unspecified atom stereocenters. The number of aromatic nitrogens is 1. The summed E-state index contributed by atoms with van der Waals surface area (Å²) >= 11 is 1.86. The summed E-state index contributed by atoms with van der Waals surface area (Å²) in [5.74, 6) is 2.63. The van der Waals surface area contributed by atoms with Crippen molar-refractivity contribution in [2.45, 2.75) is 51.4 Å². The number of amidine groups is 1. The topological polar surface area (TPSA) is 47.0 Å². The van der Waals surface area contributed by atoms with Gasteiger partial charge in [0.1, 0.15) is 6.04 Å². The fourth-order valence-corrected chi connectivity index (χ4v) is 5.27. The summed E-state index contributed by atoms with van der Waals surface area (Å²) in [5, 5.41) is 1.13. The molecule has 0 saturated carbocycles. The molecule has 1 aromatic heterocycles. The zero-order chi connectivity index (χ0) is 19.7. The summed E-state index contributed by atoms with van der Waals surface area (Å²) in [6, 6.07) is 12.9. The average Bonchev–Trinajstić information content (AvgIpc) is 3.27. The molecule has 4 rings (SSSR count). The molecule has 3 atom stereocenters. The van der Waals surface area contributed by atoms with Crippen LogP contribution in [0, 0.1) is 0 Å². The van der Waals surface area contributed by atoms with E-state index in [0.717, 1.165) is 34.5 Å². The molecule has 2 aliphatic rings. The first-order valence-electron chi connectivity index (χ1n) is 9.86. The lowest BCUT2D eigenvalue weighted by atomic mass is 9.95. The minimum absolute atomic E-state index is 0.0142. The van der Waals surface area contributed by atoms with Crippen LogP contribution in [0.5, 0.6) is 11.5 Å². The molecule has 3 heterocycles. The van der Waals surface area contributed by atoms with Gasteiger partial charge in [0.25, 0.3) is 0 Å². The van der Waals surface area contributed by atoms with Crippen LogP contribution < -0.4 is 9.47 Å². The van der Waals surface area contributed by atoms with Crippen LogP contribution in [0.4, 0.5) is 0 Å². The van der Waals surface area contributed by atoms with Crippen LogP contribution in [0.25, 0.3) is 0 Å². The molecular weight excluding hydrogens is 370 g/mol. The number of hydrogen-bond acceptors (Lipinski definition) is 6. The summed E-state index contributed by atoms with van der Waals surface area (Å²) in [7, 11) is 1.69. The number of hydrogen-bond donors (Lipinski definition) is 0. The Morgan fingerprint density at radius 3 is 2.75 bits per heavy atom. The number of aliphatic imine (C=N–C) groups is 1. The van der Waals surface area contributed by atoms with E-state index in [9.17, 15) is 0 Å². The first-order valence-corrected chi connectivity index (χ1v) is 10.8. The van der Waals surface area contributed by atoms with Gasteiger partial charge >= 0.3 is 0 Å². The van der Waals surface area contributed by atoms with Crippen LogP contribution in [0.3, 0.4) is 0 Å². The quantitative estimate of drug-likeness (QED) is 0.697. The van der Waals surface area contributed by atoms with Crippen molar-refractivity contribution in [2.75, 3.05) is 12.9 Å². The highest BCUT2D eigenvalue weighted by atomic mass is 32.2. The Morgan fingerprint density at radius 1 is 1.21 bits per heavy atom. The Balaban J connectivity index is 1.76. The normalized spacial score (nSPS) is 23.7. The van der Waals surface area contributed by atoms with E-state index in [2.05, 4.69) is 35.0 Å². The third kappa shape index (κ3) is 3.46. The van der Waals surface area contributed by atoms with E-state index in [1.165, 1.54) is 5.56 Å². The van der Waals surface area contributed by atoms with Gasteiger partial charge in [0.2, 0.25) is 0 Å². The number of nitrogens with zero attached hydrogens (tertiary/aromatic N) is 3. The first-order chi connectivity index (χ1) is 13.6. The molecule has 2 aliphatic heterocycles. The molecule has 0 amide bonds. The van der Waals surface area contributed by atoms with Crippen LogP contribution in [-0.4, -0.2) is 40.1 Å². The Bertz CT molecular complexity index is 856. The van der Waals surface area contributed by atoms with Crippen LogP contribution in [0.2, 0.25) is 0 Å². The fraction of sp³-hybridized carbons (Fsp3) is 0.455. The second-order valence-corrected chi connectivity index (χ2v) is 8.40. The zero-order valence-corrected chi connectivity index (χ0v) is 17.6. The number of thioether (sulfide) groups is 1. The molecule has 1 saturated heterocycles. The van der Waals surface area contributed by atoms with Gasteiger partial charge < -0.3 is 14.4 Å². The van der Waals surface area contributed by atoms with Gasteiger partial charge in [-0.1, -0.05) is 30.8 Å². The minimum atomic E-state index is -0.0142. The summed E-state index contributed by atoms with van der Waals surface area (Å²) in [4.78, 5) is 12.2. The lowest BCUT2D eigenvalue weighted by molar-refractivity contribution is 0.228. The summed E-state index contributed by atoms with van der Waals surface area (Å²) in [6.07, 6.45) is 3.05. The van der Waals surface area contributed by atoms with Crippen molar-refractivity contribution in [3.05, 3.63) is 53.9 Å². The van der Waals surface area contributed by atoms with Crippen LogP contribution in [-0.2, 0) is 0 Å². The second-order valence-electron chi connectivity index (χ2n) is 7.41. The van der Waals surface area contributed by atoms with Crippen molar-refractivity contribution in [3.63, 3.8) is 0 Å². The van der Waals surface area contributed by atoms with E-state index >= 15 is 0 Å². The summed E-state index contributed by atoms with van der Waals surface area (Å²) < 4.78 is 11.6. The molecule has 148 valence electrons. The van der Waals surface area contributed by atoms with Gasteiger partial charge in [-0.05, 0) is 50.1 Å². The number of rotatable bonds is 6. The first kappa shape index (κ1) is 19.1. The maximum Gasteiger partial charge on any atom is 0.161 e. The molecule has 1 aromatic carbocycles. The molecule has 6 heteroatoms. The van der Waals surface area contributed by atoms with Gasteiger partial charge in [0, 0.05) is 18.0 Å². The van der Waals surface area contributed by atoms with Gasteiger partial charge in [0.05, 0.1) is 24.9 Å². The van der Waals surface area contributed by atoms with E-state index < -0.39 is 0 Å². The van der Waals surface area contributed by atoms with E-state index in [0.29, 0.717) is 6.04 Å². The number of ether oxygens (including phenoxy) is 2. The molecule has 0 bridgehead atoms. The second kappa shape index (κ2) is 8.03. The maximum absolute atomic E-state index is 5.91. The van der Waals surface area contributed by atoms with E-state index in [1.807, 2.05) is 50.0 Å². The van der Waals surface area contributed by atoms with E-state index in [4.69, 9.17) is 14.5 Å². The number of fused-ring (bicyclic) bond motifs is 1. The molecule has 1 fully saturated rings. The molecular formula is C22H27N3O2S. The highest BCUT2D eigenvalue weighted by Gasteiger charge is 2.45. The molecule has 0 spiro atoms. The SMILES string of the molecule is CC[C@@H]1CSC2=N[C@H](c3ccccn3)[C@@H](c3ccc(OC(C)C)c(OC)c3)N21. The Kier molecular flexibility index (Phi) is 5.49. The third-order valence-electron chi connectivity index (χ3n) is 5.22. The predicted octanol–water partition coefficient (Wildman–Crippen LogP) is 4.86. The molecule has 28 heavy (non-hydrogen) atoms. The Morgan fingerprint density at radius 2 is 2.07 bits per heavy atom. The number of pyridine rings is 1. The lowest BCUT2D eigenvalue weighted by Gasteiger charge is -2.32. The van der Waals surface area contributed by atoms with E-state index in [1.54, 1.807) is 7.11 Å². The molecule has 0 radical (unpaired) electrons. The molecule has 0 aliphatic carbocycles. The van der Waals surface area contributed by atoms with Gasteiger partial charge in [-0.2, -0.15) is 0 Å². The van der Waals surface area contributed by atoms with Crippen molar-refractivity contribution in [1.29, 1.82) is 0 Å². The van der Waals surface area contributed by atoms with Crippen LogP contribution in [0.15, 0.2) is 47.6 Å². The number of benzene rings is 1. The van der Waals surface area contributed by atoms with Crippen molar-refractivity contribution in [1.82, 2.24) is 9.88 Å². The summed E-state index contributed by atoms with van der Waals surface area (Å²) in [6.45, 7) is 6.29. The van der Waals surface area contributed by atoms with E-state index in [-0.39, 0.29) is 18.2 Å². The predicted molar refractivity (Wildman–Crippen MR) is 114 cm³/mol. The monoisotopic (exact) mass is 397 g/mol. The standard InChI is InChI=1S/C22H27N3O2S/c1-5-16-13-28-22-24-20(17-8-6-7-11-23-17)21(25(16)22)15-9-10-18(27-14(2)3)19(12-15)26-4/h6-12,14,16,20-21H,5,13H2,1-4H3/t16-,20-,21-/m1/s1. The highest BCUT2D eigenvalue weighted by Crippen LogP contribution is 2.49. The minimum Gasteiger partial charge on any atom is -0.493 e. The number of methoxy groups -OCH3 is 1. The molecule has 5 nitrogen and oxygen atoms in total. The van der Waals surface area contributed by atoms with Crippen molar-refractivity contribution < 1.29 is 9.47 Å². The van der Waals surface area contributed by atoms with Crippen molar-refractivity contribution in [2.24, 2.45) is 4.99 Å². The smallest absolute Gasteiger partial charge is 0.161 e. The molecule has 2 aromatic rings. The molecule has 0 N–H and O–H groups in total. The zero-order valence-electron chi connectivity index (χ0n) is 16.8. The Labute approximate surface area is 171 Å². The van der Waals surface area contributed by atoms with Gasteiger partial charge in [-0.25, -0.2) is 0 Å². The Hall–Kier alpha value is -2.21. The third-order valence-corrected chi connectivity index (χ3v) is 6.35. The van der Waals surface area contributed by atoms with Crippen molar-refractivity contribution >= 4 is 16.9 Å². The lowest BCUT2D eigenvalue weighted by Crippen LogP contribution is -2.35. The van der Waals surface area contributed by atoms with Crippen molar-refractivity contribution in [3.8, 4) is 11.5 Å². The van der Waals surface area contributed by atoms with Gasteiger partial charge in [-0.15, -0.1) is 0 Å².